The molecule has 0 aliphatic carbocycles. The number of amides is 1. The zero-order valence-electron chi connectivity index (χ0n) is 13.5. The Morgan fingerprint density at radius 2 is 2.00 bits per heavy atom. The first-order valence-electron chi connectivity index (χ1n) is 7.49. The molecule has 2 aromatic carbocycles. The summed E-state index contributed by atoms with van der Waals surface area (Å²) >= 11 is 6.20. The molecule has 122 valence electrons. The lowest BCUT2D eigenvalue weighted by atomic mass is 10.1. The minimum Gasteiger partial charge on any atom is -0.493 e. The molecule has 5 heteroatoms. The van der Waals surface area contributed by atoms with Crippen LogP contribution >= 0.6 is 11.6 Å². The smallest absolute Gasteiger partial charge is 0.255 e. The van der Waals surface area contributed by atoms with Crippen LogP contribution in [0.3, 0.4) is 0 Å². The van der Waals surface area contributed by atoms with Crippen molar-refractivity contribution < 1.29 is 14.3 Å². The summed E-state index contributed by atoms with van der Waals surface area (Å²) in [6.45, 7) is 4.39. The SMILES string of the molecule is CCOc1c(Cl)cc(C(=O)Nc2cccc(CC)c2)cc1OC. The van der Waals surface area contributed by atoms with Gasteiger partial charge in [0.1, 0.15) is 0 Å². The number of ether oxygens (including phenoxy) is 2. The van der Waals surface area contributed by atoms with Gasteiger partial charge in [0.15, 0.2) is 11.5 Å². The standard InChI is InChI=1S/C18H20ClNO3/c1-4-12-7-6-8-14(9-12)20-18(21)13-10-15(19)17(23-5-2)16(11-13)22-3/h6-11H,4-5H2,1-3H3,(H,20,21). The van der Waals surface area contributed by atoms with Gasteiger partial charge < -0.3 is 14.8 Å². The summed E-state index contributed by atoms with van der Waals surface area (Å²) in [4.78, 5) is 12.4. The summed E-state index contributed by atoms with van der Waals surface area (Å²) in [6, 6.07) is 10.9. The number of rotatable bonds is 6. The molecule has 0 heterocycles. The highest BCUT2D eigenvalue weighted by Gasteiger charge is 2.16. The number of hydrogen-bond donors (Lipinski definition) is 1. The van der Waals surface area contributed by atoms with Crippen LogP contribution < -0.4 is 14.8 Å². The molecule has 0 aliphatic heterocycles. The van der Waals surface area contributed by atoms with Crippen LogP contribution in [0.15, 0.2) is 36.4 Å². The summed E-state index contributed by atoms with van der Waals surface area (Å²) < 4.78 is 10.7. The Balaban J connectivity index is 2.26. The molecular weight excluding hydrogens is 314 g/mol. The molecule has 0 atom stereocenters. The number of hydrogen-bond acceptors (Lipinski definition) is 3. The zero-order chi connectivity index (χ0) is 16.8. The lowest BCUT2D eigenvalue weighted by Gasteiger charge is -2.13. The van der Waals surface area contributed by atoms with E-state index in [0.29, 0.717) is 28.7 Å². The van der Waals surface area contributed by atoms with Crippen molar-refractivity contribution in [1.29, 1.82) is 0 Å². The third-order valence-corrected chi connectivity index (χ3v) is 3.65. The van der Waals surface area contributed by atoms with E-state index in [0.717, 1.165) is 17.7 Å². The number of aryl methyl sites for hydroxylation is 1. The molecular formula is C18H20ClNO3. The van der Waals surface area contributed by atoms with E-state index in [1.54, 1.807) is 12.1 Å². The second kappa shape index (κ2) is 7.88. The van der Waals surface area contributed by atoms with E-state index < -0.39 is 0 Å². The van der Waals surface area contributed by atoms with Crippen LogP contribution in [0.2, 0.25) is 5.02 Å². The van der Waals surface area contributed by atoms with Crippen molar-refractivity contribution in [1.82, 2.24) is 0 Å². The minimum absolute atomic E-state index is 0.249. The molecule has 1 amide bonds. The van der Waals surface area contributed by atoms with Crippen molar-refractivity contribution in [2.45, 2.75) is 20.3 Å². The van der Waals surface area contributed by atoms with Crippen LogP contribution in [0, 0.1) is 0 Å². The van der Waals surface area contributed by atoms with Gasteiger partial charge in [-0.05, 0) is 43.2 Å². The predicted molar refractivity (Wildman–Crippen MR) is 92.9 cm³/mol. The monoisotopic (exact) mass is 333 g/mol. The average Bonchev–Trinajstić information content (AvgIpc) is 2.56. The van der Waals surface area contributed by atoms with E-state index in [1.165, 1.54) is 7.11 Å². The van der Waals surface area contributed by atoms with Crippen molar-refractivity contribution in [3.05, 3.63) is 52.5 Å². The van der Waals surface area contributed by atoms with Crippen molar-refractivity contribution in [2.24, 2.45) is 0 Å². The Morgan fingerprint density at radius 3 is 2.65 bits per heavy atom. The van der Waals surface area contributed by atoms with E-state index in [-0.39, 0.29) is 5.91 Å². The van der Waals surface area contributed by atoms with Gasteiger partial charge in [-0.1, -0.05) is 30.7 Å². The van der Waals surface area contributed by atoms with E-state index in [1.807, 2.05) is 31.2 Å². The Bertz CT molecular complexity index is 701. The van der Waals surface area contributed by atoms with Gasteiger partial charge in [0.05, 0.1) is 18.7 Å². The fraction of sp³-hybridized carbons (Fsp3) is 0.278. The Morgan fingerprint density at radius 1 is 1.22 bits per heavy atom. The first-order chi connectivity index (χ1) is 11.1. The van der Waals surface area contributed by atoms with Crippen molar-refractivity contribution >= 4 is 23.2 Å². The first-order valence-corrected chi connectivity index (χ1v) is 7.87. The number of benzene rings is 2. The average molecular weight is 334 g/mol. The van der Waals surface area contributed by atoms with Crippen molar-refractivity contribution in [3.8, 4) is 11.5 Å². The molecule has 0 unspecified atom stereocenters. The van der Waals surface area contributed by atoms with Crippen LogP contribution in [-0.4, -0.2) is 19.6 Å². The van der Waals surface area contributed by atoms with Gasteiger partial charge in [-0.15, -0.1) is 0 Å². The second-order valence-corrected chi connectivity index (χ2v) is 5.34. The molecule has 0 bridgehead atoms. The molecule has 23 heavy (non-hydrogen) atoms. The van der Waals surface area contributed by atoms with Crippen LogP contribution in [0.1, 0.15) is 29.8 Å². The molecule has 2 aromatic rings. The first kappa shape index (κ1) is 17.2. The van der Waals surface area contributed by atoms with Gasteiger partial charge in [-0.2, -0.15) is 0 Å². The van der Waals surface area contributed by atoms with Crippen molar-refractivity contribution in [3.63, 3.8) is 0 Å². The molecule has 2 rings (SSSR count). The minimum atomic E-state index is -0.249. The molecule has 4 nitrogen and oxygen atoms in total. The molecule has 1 N–H and O–H groups in total. The van der Waals surface area contributed by atoms with Gasteiger partial charge in [0.25, 0.3) is 5.91 Å². The molecule has 0 aromatic heterocycles. The number of carbonyl (C=O) groups is 1. The molecule has 0 saturated heterocycles. The lowest BCUT2D eigenvalue weighted by Crippen LogP contribution is -2.12. The topological polar surface area (TPSA) is 47.6 Å². The largest absolute Gasteiger partial charge is 0.493 e. The van der Waals surface area contributed by atoms with Crippen LogP contribution in [0.25, 0.3) is 0 Å². The van der Waals surface area contributed by atoms with Gasteiger partial charge in [0, 0.05) is 11.3 Å². The summed E-state index contributed by atoms with van der Waals surface area (Å²) in [7, 11) is 1.51. The van der Waals surface area contributed by atoms with E-state index in [2.05, 4.69) is 12.2 Å². The normalized spacial score (nSPS) is 10.3. The van der Waals surface area contributed by atoms with E-state index >= 15 is 0 Å². The fourth-order valence-corrected chi connectivity index (χ4v) is 2.47. The number of nitrogens with one attached hydrogen (secondary N) is 1. The van der Waals surface area contributed by atoms with Gasteiger partial charge >= 0.3 is 0 Å². The van der Waals surface area contributed by atoms with Crippen LogP contribution in [-0.2, 0) is 6.42 Å². The fourth-order valence-electron chi connectivity index (χ4n) is 2.21. The summed E-state index contributed by atoms with van der Waals surface area (Å²) in [5.41, 5.74) is 2.32. The summed E-state index contributed by atoms with van der Waals surface area (Å²) in [6.07, 6.45) is 0.909. The maximum absolute atomic E-state index is 12.4. The highest BCUT2D eigenvalue weighted by Crippen LogP contribution is 2.36. The predicted octanol–water partition coefficient (Wildman–Crippen LogP) is 4.56. The number of anilines is 1. The molecule has 0 fully saturated rings. The van der Waals surface area contributed by atoms with E-state index in [9.17, 15) is 4.79 Å². The molecule has 0 aliphatic rings. The van der Waals surface area contributed by atoms with E-state index in [4.69, 9.17) is 21.1 Å². The number of carbonyl (C=O) groups excluding carboxylic acids is 1. The highest BCUT2D eigenvalue weighted by atomic mass is 35.5. The Kier molecular flexibility index (Phi) is 5.88. The second-order valence-electron chi connectivity index (χ2n) is 4.93. The molecule has 0 saturated carbocycles. The van der Waals surface area contributed by atoms with Gasteiger partial charge in [0.2, 0.25) is 0 Å². The summed E-state index contributed by atoms with van der Waals surface area (Å²) in [5, 5.41) is 3.21. The molecule has 0 spiro atoms. The van der Waals surface area contributed by atoms with Crippen LogP contribution in [0.4, 0.5) is 5.69 Å². The van der Waals surface area contributed by atoms with Gasteiger partial charge in [-0.3, -0.25) is 4.79 Å². The molecule has 0 radical (unpaired) electrons. The zero-order valence-corrected chi connectivity index (χ0v) is 14.2. The lowest BCUT2D eigenvalue weighted by molar-refractivity contribution is 0.102. The quantitative estimate of drug-likeness (QED) is 0.842. The maximum atomic E-state index is 12.4. The maximum Gasteiger partial charge on any atom is 0.255 e. The van der Waals surface area contributed by atoms with Gasteiger partial charge in [-0.25, -0.2) is 0 Å². The number of methoxy groups -OCH3 is 1. The third-order valence-electron chi connectivity index (χ3n) is 3.37. The Hall–Kier alpha value is -2.20. The summed E-state index contributed by atoms with van der Waals surface area (Å²) in [5.74, 6) is 0.634. The van der Waals surface area contributed by atoms with Crippen molar-refractivity contribution in [2.75, 3.05) is 19.0 Å². The van der Waals surface area contributed by atoms with Crippen LogP contribution in [0.5, 0.6) is 11.5 Å². The Labute approximate surface area is 141 Å². The third kappa shape index (κ3) is 4.17. The number of halogens is 1. The highest BCUT2D eigenvalue weighted by molar-refractivity contribution is 6.32.